The van der Waals surface area contributed by atoms with Gasteiger partial charge in [0.25, 0.3) is 0 Å². The van der Waals surface area contributed by atoms with Crippen LogP contribution in [0.2, 0.25) is 10.0 Å². The van der Waals surface area contributed by atoms with Crippen LogP contribution in [0.1, 0.15) is 0 Å². The Morgan fingerprint density at radius 3 is 2.30 bits per heavy atom. The first-order valence-corrected chi connectivity index (χ1v) is 6.53. The van der Waals surface area contributed by atoms with Crippen LogP contribution in [0.15, 0.2) is 51.7 Å². The van der Waals surface area contributed by atoms with Gasteiger partial charge in [-0.3, -0.25) is 4.79 Å². The monoisotopic (exact) mass is 306 g/mol. The molecule has 0 bridgehead atoms. The molecule has 0 saturated carbocycles. The number of halogens is 2. The predicted molar refractivity (Wildman–Crippen MR) is 79.6 cm³/mol. The molecule has 0 unspecified atom stereocenters. The quantitative estimate of drug-likeness (QED) is 0.721. The molecule has 0 atom stereocenters. The molecule has 1 N–H and O–H groups in total. The minimum absolute atomic E-state index is 0.112. The molecule has 0 radical (unpaired) electrons. The zero-order valence-corrected chi connectivity index (χ0v) is 11.6. The van der Waals surface area contributed by atoms with Crippen LogP contribution < -0.4 is 5.43 Å². The van der Waals surface area contributed by atoms with Gasteiger partial charge >= 0.3 is 0 Å². The molecule has 2 aromatic carbocycles. The van der Waals surface area contributed by atoms with E-state index in [1.165, 1.54) is 6.07 Å². The van der Waals surface area contributed by atoms with Crippen LogP contribution in [0.5, 0.6) is 5.75 Å². The van der Waals surface area contributed by atoms with Gasteiger partial charge in [0, 0.05) is 15.6 Å². The van der Waals surface area contributed by atoms with E-state index < -0.39 is 11.2 Å². The van der Waals surface area contributed by atoms with Crippen molar-refractivity contribution in [1.82, 2.24) is 0 Å². The summed E-state index contributed by atoms with van der Waals surface area (Å²) in [7, 11) is 0. The second-order valence-electron chi connectivity index (χ2n) is 4.26. The molecule has 0 spiro atoms. The third-order valence-corrected chi connectivity index (χ3v) is 3.42. The van der Waals surface area contributed by atoms with Gasteiger partial charge in [-0.25, -0.2) is 0 Å². The van der Waals surface area contributed by atoms with Crippen molar-refractivity contribution in [3.8, 4) is 17.1 Å². The van der Waals surface area contributed by atoms with Gasteiger partial charge in [0.05, 0.1) is 5.39 Å². The van der Waals surface area contributed by atoms with Crippen molar-refractivity contribution in [3.63, 3.8) is 0 Å². The summed E-state index contributed by atoms with van der Waals surface area (Å²) in [6.07, 6.45) is 0. The average molecular weight is 307 g/mol. The topological polar surface area (TPSA) is 50.4 Å². The molecule has 100 valence electrons. The van der Waals surface area contributed by atoms with Crippen LogP contribution in [-0.2, 0) is 0 Å². The summed E-state index contributed by atoms with van der Waals surface area (Å²) in [6, 6.07) is 11.3. The number of aromatic hydroxyl groups is 1. The molecule has 0 fully saturated rings. The molecule has 3 rings (SSSR count). The summed E-state index contributed by atoms with van der Waals surface area (Å²) in [6.45, 7) is 0. The smallest absolute Gasteiger partial charge is 0.235 e. The third-order valence-electron chi connectivity index (χ3n) is 2.93. The molecular formula is C15H8Cl2O3. The van der Waals surface area contributed by atoms with Crippen molar-refractivity contribution < 1.29 is 9.52 Å². The molecule has 0 aliphatic carbocycles. The number of hydrogen-bond acceptors (Lipinski definition) is 3. The molecular weight excluding hydrogens is 299 g/mol. The molecule has 1 aromatic heterocycles. The van der Waals surface area contributed by atoms with E-state index in [0.717, 1.165) is 0 Å². The fourth-order valence-electron chi connectivity index (χ4n) is 1.95. The Balaban J connectivity index is 2.32. The SMILES string of the molecule is O=c1c(O)c(-c2ccc(Cl)cc2)oc2ccc(Cl)cc12. The molecule has 0 aliphatic rings. The number of fused-ring (bicyclic) bond motifs is 1. The van der Waals surface area contributed by atoms with Crippen LogP contribution in [-0.4, -0.2) is 5.11 Å². The average Bonchev–Trinajstić information content (AvgIpc) is 2.44. The van der Waals surface area contributed by atoms with Gasteiger partial charge in [-0.2, -0.15) is 0 Å². The molecule has 0 amide bonds. The molecule has 3 aromatic rings. The van der Waals surface area contributed by atoms with Crippen molar-refractivity contribution in [3.05, 3.63) is 62.7 Å². The van der Waals surface area contributed by atoms with Gasteiger partial charge in [-0.15, -0.1) is 0 Å². The normalized spacial score (nSPS) is 10.9. The molecule has 20 heavy (non-hydrogen) atoms. The maximum absolute atomic E-state index is 12.1. The molecule has 1 heterocycles. The lowest BCUT2D eigenvalue weighted by Gasteiger charge is -2.06. The van der Waals surface area contributed by atoms with E-state index in [4.69, 9.17) is 27.6 Å². The maximum atomic E-state index is 12.1. The zero-order chi connectivity index (χ0) is 14.3. The number of benzene rings is 2. The standard InChI is InChI=1S/C15H8Cl2O3/c16-9-3-1-8(2-4-9)15-14(19)13(18)11-7-10(17)5-6-12(11)20-15/h1-7,19H. The lowest BCUT2D eigenvalue weighted by atomic mass is 10.1. The second-order valence-corrected chi connectivity index (χ2v) is 5.13. The summed E-state index contributed by atoms with van der Waals surface area (Å²) in [5, 5.41) is 11.2. The van der Waals surface area contributed by atoms with Gasteiger partial charge in [0.1, 0.15) is 5.58 Å². The van der Waals surface area contributed by atoms with Crippen molar-refractivity contribution in [2.75, 3.05) is 0 Å². The predicted octanol–water partition coefficient (Wildman–Crippen LogP) is 4.47. The van der Waals surface area contributed by atoms with Gasteiger partial charge in [0.2, 0.25) is 11.2 Å². The fraction of sp³-hybridized carbons (Fsp3) is 0. The highest BCUT2D eigenvalue weighted by atomic mass is 35.5. The molecule has 0 aliphatic heterocycles. The van der Waals surface area contributed by atoms with Crippen LogP contribution in [0, 0.1) is 0 Å². The lowest BCUT2D eigenvalue weighted by molar-refractivity contribution is 0.449. The molecule has 5 heteroatoms. The van der Waals surface area contributed by atoms with E-state index in [-0.39, 0.29) is 11.1 Å². The Morgan fingerprint density at radius 2 is 1.60 bits per heavy atom. The summed E-state index contributed by atoms with van der Waals surface area (Å²) in [5.74, 6) is -0.330. The Hall–Kier alpha value is -1.97. The highest BCUT2D eigenvalue weighted by molar-refractivity contribution is 6.31. The van der Waals surface area contributed by atoms with Crippen molar-refractivity contribution in [2.45, 2.75) is 0 Å². The van der Waals surface area contributed by atoms with Crippen LogP contribution >= 0.6 is 23.2 Å². The second kappa shape index (κ2) is 4.85. The first-order chi connectivity index (χ1) is 9.56. The van der Waals surface area contributed by atoms with Crippen molar-refractivity contribution in [2.24, 2.45) is 0 Å². The van der Waals surface area contributed by atoms with E-state index in [1.54, 1.807) is 36.4 Å². The van der Waals surface area contributed by atoms with E-state index >= 15 is 0 Å². The molecule has 3 nitrogen and oxygen atoms in total. The van der Waals surface area contributed by atoms with Crippen LogP contribution in [0.3, 0.4) is 0 Å². The van der Waals surface area contributed by atoms with Gasteiger partial charge < -0.3 is 9.52 Å². The van der Waals surface area contributed by atoms with Crippen LogP contribution in [0.25, 0.3) is 22.3 Å². The largest absolute Gasteiger partial charge is 0.502 e. The van der Waals surface area contributed by atoms with E-state index in [9.17, 15) is 9.90 Å². The zero-order valence-electron chi connectivity index (χ0n) is 10.1. The van der Waals surface area contributed by atoms with Gasteiger partial charge in [0.15, 0.2) is 5.76 Å². The minimum atomic E-state index is -0.515. The number of rotatable bonds is 1. The number of hydrogen-bond donors (Lipinski definition) is 1. The first kappa shape index (κ1) is 13.0. The molecule has 0 saturated heterocycles. The van der Waals surface area contributed by atoms with Crippen molar-refractivity contribution >= 4 is 34.2 Å². The Bertz CT molecular complexity index is 851. The van der Waals surface area contributed by atoms with Gasteiger partial charge in [-0.05, 0) is 42.5 Å². The summed E-state index contributed by atoms with van der Waals surface area (Å²) >= 11 is 11.7. The van der Waals surface area contributed by atoms with Crippen LogP contribution in [0.4, 0.5) is 0 Å². The van der Waals surface area contributed by atoms with E-state index in [2.05, 4.69) is 0 Å². The summed E-state index contributed by atoms with van der Waals surface area (Å²) in [4.78, 5) is 12.1. The minimum Gasteiger partial charge on any atom is -0.502 e. The maximum Gasteiger partial charge on any atom is 0.235 e. The Kier molecular flexibility index (Phi) is 3.16. The lowest BCUT2D eigenvalue weighted by Crippen LogP contribution is -2.02. The highest BCUT2D eigenvalue weighted by Crippen LogP contribution is 2.31. The Morgan fingerprint density at radius 1 is 0.950 bits per heavy atom. The Labute approximate surface area is 124 Å². The van der Waals surface area contributed by atoms with E-state index in [1.807, 2.05) is 0 Å². The summed E-state index contributed by atoms with van der Waals surface area (Å²) < 4.78 is 5.60. The third kappa shape index (κ3) is 2.15. The highest BCUT2D eigenvalue weighted by Gasteiger charge is 2.15. The van der Waals surface area contributed by atoms with Crippen molar-refractivity contribution in [1.29, 1.82) is 0 Å². The first-order valence-electron chi connectivity index (χ1n) is 5.77. The van der Waals surface area contributed by atoms with Gasteiger partial charge in [-0.1, -0.05) is 23.2 Å². The summed E-state index contributed by atoms with van der Waals surface area (Å²) in [5.41, 5.74) is 0.418. The fourth-order valence-corrected chi connectivity index (χ4v) is 2.25. The van der Waals surface area contributed by atoms with E-state index in [0.29, 0.717) is 21.2 Å².